The number of rotatable bonds is 10. The molecule has 4 rings (SSSR count). The van der Waals surface area contributed by atoms with E-state index in [-0.39, 0.29) is 0 Å². The average molecular weight is 598 g/mol. The third kappa shape index (κ3) is 13.7. The summed E-state index contributed by atoms with van der Waals surface area (Å²) in [5, 5.41) is 5.39. The molecular weight excluding hydrogens is 559 g/mol. The zero-order valence-electron chi connectivity index (χ0n) is 22.5. The van der Waals surface area contributed by atoms with Gasteiger partial charge in [0.25, 0.3) is 9.84 Å². The minimum absolute atomic E-state index is 0.556. The Kier molecular flexibility index (Phi) is 18.8. The van der Waals surface area contributed by atoms with E-state index in [1.54, 1.807) is 0 Å². The molecule has 200 valence electrons. The van der Waals surface area contributed by atoms with E-state index in [1.807, 2.05) is 24.3 Å². The Labute approximate surface area is 249 Å². The molecule has 0 N–H and O–H groups in total. The molecule has 0 atom stereocenters. The van der Waals surface area contributed by atoms with Crippen LogP contribution in [0.5, 0.6) is 0 Å². The second-order valence-electron chi connectivity index (χ2n) is 8.46. The van der Waals surface area contributed by atoms with Gasteiger partial charge in [0.05, 0.1) is 0 Å². The first-order chi connectivity index (χ1) is 18.4. The molecule has 0 fully saturated rings. The second kappa shape index (κ2) is 20.9. The first-order valence-electron chi connectivity index (χ1n) is 12.3. The van der Waals surface area contributed by atoms with E-state index in [0.717, 1.165) is 26.2 Å². The summed E-state index contributed by atoms with van der Waals surface area (Å²) in [5.74, 6) is 0. The van der Waals surface area contributed by atoms with Crippen molar-refractivity contribution in [3.05, 3.63) is 135 Å². The summed E-state index contributed by atoms with van der Waals surface area (Å²) in [6.45, 7) is 22.8. The Morgan fingerprint density at radius 3 is 1.29 bits per heavy atom. The van der Waals surface area contributed by atoms with Crippen LogP contribution in [-0.2, 0) is 17.0 Å². The predicted octanol–water partition coefficient (Wildman–Crippen LogP) is 8.98. The predicted molar refractivity (Wildman–Crippen MR) is 170 cm³/mol. The summed E-state index contributed by atoms with van der Waals surface area (Å²) in [7, 11) is 10.4. The summed E-state index contributed by atoms with van der Waals surface area (Å²) in [6, 6.07) is 25.7. The number of fused-ring (bicyclic) bond motifs is 2. The van der Waals surface area contributed by atoms with Crippen molar-refractivity contribution in [2.45, 2.75) is 13.8 Å². The molecule has 0 aromatic heterocycles. The maximum atomic E-state index is 4.89. The van der Waals surface area contributed by atoms with Crippen molar-refractivity contribution < 1.29 is 17.0 Å². The summed E-state index contributed by atoms with van der Waals surface area (Å²) in [6.07, 6.45) is 7.65. The van der Waals surface area contributed by atoms with E-state index in [4.69, 9.17) is 18.6 Å². The first kappa shape index (κ1) is 34.1. The molecule has 0 bridgehead atoms. The van der Waals surface area contributed by atoms with Crippen molar-refractivity contribution in [2.75, 3.05) is 26.2 Å². The second-order valence-corrected chi connectivity index (χ2v) is 12.5. The molecule has 4 aromatic rings. The molecule has 0 aliphatic rings. The molecule has 4 aromatic carbocycles. The summed E-state index contributed by atoms with van der Waals surface area (Å²) >= 11 is -0.556. The van der Waals surface area contributed by atoms with E-state index >= 15 is 0 Å². The van der Waals surface area contributed by atoms with Gasteiger partial charge in [-0.25, -0.2) is 0 Å². The van der Waals surface area contributed by atoms with E-state index in [2.05, 4.69) is 122 Å². The van der Waals surface area contributed by atoms with Crippen LogP contribution in [-0.4, -0.2) is 45.2 Å². The zero-order chi connectivity index (χ0) is 28.2. The number of hydrogen-bond donors (Lipinski definition) is 0. The van der Waals surface area contributed by atoms with Gasteiger partial charge in [-0.1, -0.05) is 50.3 Å². The molecule has 0 saturated carbocycles. The molecular formula is C32H38Cl2N2SiTi-2. The van der Waals surface area contributed by atoms with Crippen molar-refractivity contribution >= 4 is 50.0 Å². The van der Waals surface area contributed by atoms with Crippen LogP contribution in [0.25, 0.3) is 21.5 Å². The topological polar surface area (TPSA) is 6.48 Å². The van der Waals surface area contributed by atoms with Crippen molar-refractivity contribution in [3.63, 3.8) is 0 Å². The Hall–Kier alpha value is -1.95. The third-order valence-electron chi connectivity index (χ3n) is 5.21. The third-order valence-corrected chi connectivity index (χ3v) is 6.50. The quantitative estimate of drug-likeness (QED) is 0.102. The molecule has 0 saturated heterocycles. The number of hydrogen-bond acceptors (Lipinski definition) is 2. The molecule has 0 aliphatic carbocycles. The normalized spacial score (nSPS) is 9.95. The van der Waals surface area contributed by atoms with Crippen LogP contribution in [0.1, 0.15) is 11.1 Å². The van der Waals surface area contributed by atoms with Gasteiger partial charge in [-0.3, -0.25) is 0 Å². The van der Waals surface area contributed by atoms with Gasteiger partial charge in [-0.15, -0.1) is 108 Å². The Morgan fingerprint density at radius 1 is 0.684 bits per heavy atom. The number of halogens is 2. The van der Waals surface area contributed by atoms with Gasteiger partial charge in [0.15, 0.2) is 0 Å². The Morgan fingerprint density at radius 2 is 1.00 bits per heavy atom. The first-order valence-corrected chi connectivity index (χ1v) is 17.5. The molecule has 0 heterocycles. The Balaban J connectivity index is 0.000000276. The van der Waals surface area contributed by atoms with Gasteiger partial charge in [0.2, 0.25) is 0 Å². The van der Waals surface area contributed by atoms with Crippen molar-refractivity contribution in [2.24, 2.45) is 0 Å². The molecule has 2 nitrogen and oxygen atoms in total. The van der Waals surface area contributed by atoms with Crippen LogP contribution in [0, 0.1) is 13.8 Å². The van der Waals surface area contributed by atoms with E-state index in [1.165, 1.54) is 32.7 Å². The molecule has 38 heavy (non-hydrogen) atoms. The SMILES string of the molecule is C=CCN(CC=C)[Si]N(CC=C)CC=C.Cc1cc2ccccc2[cH-]1.Cc1cc2ccccc2[cH-]1.[Cl][Ti][Cl]. The Bertz CT molecular complexity index is 1050. The van der Waals surface area contributed by atoms with E-state index in [9.17, 15) is 0 Å². The molecule has 0 spiro atoms. The zero-order valence-corrected chi connectivity index (χ0v) is 26.6. The van der Waals surface area contributed by atoms with Crippen LogP contribution in [0.2, 0.25) is 0 Å². The number of aryl methyl sites for hydroxylation is 2. The van der Waals surface area contributed by atoms with Crippen LogP contribution in [0.3, 0.4) is 0 Å². The van der Waals surface area contributed by atoms with Gasteiger partial charge >= 0.3 is 35.6 Å². The summed E-state index contributed by atoms with van der Waals surface area (Å²) in [5.41, 5.74) is 2.70. The minimum atomic E-state index is -0.556. The number of benzene rings is 2. The van der Waals surface area contributed by atoms with Crippen LogP contribution in [0.4, 0.5) is 0 Å². The van der Waals surface area contributed by atoms with E-state index in [0.29, 0.717) is 9.84 Å². The van der Waals surface area contributed by atoms with Crippen molar-refractivity contribution in [3.8, 4) is 0 Å². The van der Waals surface area contributed by atoms with Crippen molar-refractivity contribution in [1.29, 1.82) is 0 Å². The summed E-state index contributed by atoms with van der Waals surface area (Å²) in [4.78, 5) is 0. The molecule has 0 aliphatic heterocycles. The van der Waals surface area contributed by atoms with E-state index < -0.39 is 17.0 Å². The standard InChI is InChI=1S/C12H20N2Si.2C10H9.2ClH.Ti/c1-5-9-13(10-6-2)15-14(11-7-3)12-8-4;2*1-8-6-9-4-2-3-5-10(9)7-8;;;/h5-8H,1-4,9-12H2;2*2-7H,1H3;2*1H;/q;2*-1;;;+2/p-2. The van der Waals surface area contributed by atoms with Crippen LogP contribution >= 0.6 is 18.6 Å². The molecule has 6 heteroatoms. The monoisotopic (exact) mass is 596 g/mol. The van der Waals surface area contributed by atoms with Crippen molar-refractivity contribution in [1.82, 2.24) is 9.13 Å². The molecule has 0 amide bonds. The van der Waals surface area contributed by atoms with Crippen LogP contribution < -0.4 is 0 Å². The fourth-order valence-corrected chi connectivity index (χ4v) is 4.99. The molecule has 0 unspecified atom stereocenters. The molecule has 2 radical (unpaired) electrons. The fraction of sp³-hybridized carbons (Fsp3) is 0.188. The van der Waals surface area contributed by atoms with Gasteiger partial charge in [0, 0.05) is 26.2 Å². The fourth-order valence-electron chi connectivity index (χ4n) is 3.75. The maximum absolute atomic E-state index is 4.89. The van der Waals surface area contributed by atoms with Gasteiger partial charge in [0.1, 0.15) is 0 Å². The van der Waals surface area contributed by atoms with Crippen LogP contribution in [0.15, 0.2) is 123 Å². The average Bonchev–Trinajstić information content (AvgIpc) is 3.46. The van der Waals surface area contributed by atoms with Gasteiger partial charge in [-0.2, -0.15) is 12.1 Å². The van der Waals surface area contributed by atoms with Gasteiger partial charge in [-0.05, 0) is 0 Å². The number of nitrogens with zero attached hydrogens (tertiary/aromatic N) is 2. The summed E-state index contributed by atoms with van der Waals surface area (Å²) < 4.78 is 4.57. The van der Waals surface area contributed by atoms with Gasteiger partial charge < -0.3 is 9.13 Å².